The molecule has 0 bridgehead atoms. The van der Waals surface area contributed by atoms with Crippen molar-refractivity contribution in [3.63, 3.8) is 0 Å². The Hall–Kier alpha value is -2.43. The molecule has 0 N–H and O–H groups in total. The van der Waals surface area contributed by atoms with Gasteiger partial charge in [-0.15, -0.1) is 0 Å². The Morgan fingerprint density at radius 3 is 2.42 bits per heavy atom. The molecule has 96 valence electrons. The second-order valence-corrected chi connectivity index (χ2v) is 4.61. The Balaban J connectivity index is 2.36. The quantitative estimate of drug-likeness (QED) is 0.669. The number of rotatable bonds is 1. The van der Waals surface area contributed by atoms with E-state index in [1.165, 1.54) is 4.68 Å². The molecule has 2 aromatic heterocycles. The summed E-state index contributed by atoms with van der Waals surface area (Å²) in [5.41, 5.74) is 3.37. The van der Waals surface area contributed by atoms with Gasteiger partial charge in [0.1, 0.15) is 11.1 Å². The van der Waals surface area contributed by atoms with Gasteiger partial charge in [0.05, 0.1) is 11.4 Å². The number of nitrogens with zero attached hydrogens (tertiary/aromatic N) is 3. The molecular weight excluding hydrogens is 242 g/mol. The summed E-state index contributed by atoms with van der Waals surface area (Å²) >= 11 is 0. The maximum atomic E-state index is 12.4. The number of hydrogen-bond donors (Lipinski definition) is 0. The van der Waals surface area contributed by atoms with E-state index in [0.717, 1.165) is 11.3 Å². The topological polar surface area (TPSA) is 60.9 Å². The van der Waals surface area contributed by atoms with Crippen molar-refractivity contribution in [2.45, 2.75) is 20.8 Å². The van der Waals surface area contributed by atoms with Crippen molar-refractivity contribution in [2.24, 2.45) is 0 Å². The van der Waals surface area contributed by atoms with Crippen molar-refractivity contribution in [1.82, 2.24) is 14.9 Å². The molecule has 5 heteroatoms. The lowest BCUT2D eigenvalue weighted by atomic mass is 10.2. The summed E-state index contributed by atoms with van der Waals surface area (Å²) in [5, 5.41) is 8.62. The summed E-state index contributed by atoms with van der Waals surface area (Å²) in [6, 6.07) is 7.64. The highest BCUT2D eigenvalue weighted by Gasteiger charge is 2.15. The van der Waals surface area contributed by atoms with Gasteiger partial charge in [0.15, 0.2) is 5.58 Å². The third kappa shape index (κ3) is 1.74. The van der Waals surface area contributed by atoms with Gasteiger partial charge in [-0.3, -0.25) is 4.79 Å². The first-order valence-electron chi connectivity index (χ1n) is 6.01. The molecule has 2 heterocycles. The molecule has 1 aromatic carbocycles. The highest BCUT2D eigenvalue weighted by atomic mass is 16.5. The van der Waals surface area contributed by atoms with Crippen molar-refractivity contribution in [3.05, 3.63) is 51.6 Å². The summed E-state index contributed by atoms with van der Waals surface area (Å²) in [6.07, 6.45) is 0. The fourth-order valence-electron chi connectivity index (χ4n) is 2.08. The zero-order valence-corrected chi connectivity index (χ0v) is 11.0. The lowest BCUT2D eigenvalue weighted by Gasteiger charge is -2.06. The number of fused-ring (bicyclic) bond motifs is 1. The minimum atomic E-state index is -0.205. The van der Waals surface area contributed by atoms with E-state index in [0.29, 0.717) is 22.4 Å². The first-order valence-corrected chi connectivity index (χ1v) is 6.01. The van der Waals surface area contributed by atoms with Crippen LogP contribution in [0.3, 0.4) is 0 Å². The van der Waals surface area contributed by atoms with Gasteiger partial charge in [-0.1, -0.05) is 22.9 Å². The Labute approximate surface area is 109 Å². The molecule has 0 saturated carbocycles. The third-order valence-electron chi connectivity index (χ3n) is 3.13. The average Bonchev–Trinajstić information content (AvgIpc) is 2.78. The van der Waals surface area contributed by atoms with Crippen LogP contribution in [-0.4, -0.2) is 14.9 Å². The predicted octanol–water partition coefficient (Wildman–Crippen LogP) is 2.30. The van der Waals surface area contributed by atoms with E-state index in [4.69, 9.17) is 4.52 Å². The zero-order chi connectivity index (χ0) is 13.6. The van der Waals surface area contributed by atoms with Crippen LogP contribution in [0.5, 0.6) is 0 Å². The predicted molar refractivity (Wildman–Crippen MR) is 71.6 cm³/mol. The monoisotopic (exact) mass is 255 g/mol. The van der Waals surface area contributed by atoms with E-state index in [1.807, 2.05) is 31.2 Å². The van der Waals surface area contributed by atoms with Crippen LogP contribution < -0.4 is 5.56 Å². The van der Waals surface area contributed by atoms with Gasteiger partial charge >= 0.3 is 0 Å². The molecule has 0 atom stereocenters. The van der Waals surface area contributed by atoms with Gasteiger partial charge in [-0.2, -0.15) is 9.78 Å². The van der Waals surface area contributed by atoms with Gasteiger partial charge in [0, 0.05) is 0 Å². The zero-order valence-electron chi connectivity index (χ0n) is 11.0. The van der Waals surface area contributed by atoms with Crippen LogP contribution in [-0.2, 0) is 0 Å². The summed E-state index contributed by atoms with van der Waals surface area (Å²) < 4.78 is 6.53. The smallest absolute Gasteiger partial charge is 0.284 e. The fourth-order valence-corrected chi connectivity index (χ4v) is 2.08. The Kier molecular flexibility index (Phi) is 2.48. The van der Waals surface area contributed by atoms with Gasteiger partial charge in [0.2, 0.25) is 0 Å². The molecule has 0 aliphatic heterocycles. The molecule has 0 aliphatic rings. The third-order valence-corrected chi connectivity index (χ3v) is 3.13. The Morgan fingerprint density at radius 1 is 1.05 bits per heavy atom. The van der Waals surface area contributed by atoms with Crippen LogP contribution in [0.4, 0.5) is 0 Å². The van der Waals surface area contributed by atoms with E-state index in [-0.39, 0.29) is 5.56 Å². The minimum Gasteiger partial charge on any atom is -0.354 e. The largest absolute Gasteiger partial charge is 0.354 e. The lowest BCUT2D eigenvalue weighted by Crippen LogP contribution is -2.22. The summed E-state index contributed by atoms with van der Waals surface area (Å²) in [4.78, 5) is 12.4. The average molecular weight is 255 g/mol. The molecule has 0 aliphatic carbocycles. The van der Waals surface area contributed by atoms with Crippen LogP contribution in [0.25, 0.3) is 16.7 Å². The molecule has 5 nitrogen and oxygen atoms in total. The Bertz CT molecular complexity index is 813. The second-order valence-electron chi connectivity index (χ2n) is 4.61. The van der Waals surface area contributed by atoms with Gasteiger partial charge in [0.25, 0.3) is 5.56 Å². The molecule has 0 saturated heterocycles. The van der Waals surface area contributed by atoms with Crippen molar-refractivity contribution in [3.8, 4) is 5.69 Å². The van der Waals surface area contributed by atoms with E-state index >= 15 is 0 Å². The molecule has 3 rings (SSSR count). The fraction of sp³-hybridized carbons (Fsp3) is 0.214. The second kappa shape index (κ2) is 4.05. The summed E-state index contributed by atoms with van der Waals surface area (Å²) in [5.74, 6) is 0. The van der Waals surface area contributed by atoms with E-state index in [2.05, 4.69) is 10.3 Å². The van der Waals surface area contributed by atoms with Crippen LogP contribution >= 0.6 is 0 Å². The molecule has 0 fully saturated rings. The molecule has 0 amide bonds. The van der Waals surface area contributed by atoms with Crippen molar-refractivity contribution in [1.29, 1.82) is 0 Å². The molecule has 0 spiro atoms. The maximum Gasteiger partial charge on any atom is 0.284 e. The molecule has 0 radical (unpaired) electrons. The standard InChI is InChI=1S/C14H13N3O2/c1-8-4-6-11(7-5-8)17-14(18)12-9(2)16-19-13(12)10(3)15-17/h4-7H,1-3H3. The van der Waals surface area contributed by atoms with E-state index < -0.39 is 0 Å². The van der Waals surface area contributed by atoms with Crippen molar-refractivity contribution < 1.29 is 4.52 Å². The van der Waals surface area contributed by atoms with E-state index in [1.54, 1.807) is 13.8 Å². The number of aryl methyl sites for hydroxylation is 3. The summed E-state index contributed by atoms with van der Waals surface area (Å²) in [6.45, 7) is 5.56. The normalized spacial score (nSPS) is 11.1. The van der Waals surface area contributed by atoms with Crippen LogP contribution in [0.1, 0.15) is 17.0 Å². The minimum absolute atomic E-state index is 0.205. The van der Waals surface area contributed by atoms with E-state index in [9.17, 15) is 4.79 Å². The molecule has 3 aromatic rings. The van der Waals surface area contributed by atoms with Gasteiger partial charge in [-0.05, 0) is 32.9 Å². The highest BCUT2D eigenvalue weighted by molar-refractivity contribution is 5.79. The molecule has 19 heavy (non-hydrogen) atoms. The first-order chi connectivity index (χ1) is 9.08. The van der Waals surface area contributed by atoms with Crippen molar-refractivity contribution >= 4 is 11.0 Å². The van der Waals surface area contributed by atoms with Crippen LogP contribution in [0, 0.1) is 20.8 Å². The maximum absolute atomic E-state index is 12.4. The first kappa shape index (κ1) is 11.6. The van der Waals surface area contributed by atoms with Crippen LogP contribution in [0.2, 0.25) is 0 Å². The lowest BCUT2D eigenvalue weighted by molar-refractivity contribution is 0.447. The molecular formula is C14H13N3O2. The van der Waals surface area contributed by atoms with Gasteiger partial charge in [-0.25, -0.2) is 0 Å². The summed E-state index contributed by atoms with van der Waals surface area (Å²) in [7, 11) is 0. The Morgan fingerprint density at radius 2 is 1.74 bits per heavy atom. The number of benzene rings is 1. The molecule has 0 unspecified atom stereocenters. The van der Waals surface area contributed by atoms with Crippen LogP contribution in [0.15, 0.2) is 33.6 Å². The van der Waals surface area contributed by atoms with Gasteiger partial charge < -0.3 is 4.52 Å². The number of hydrogen-bond acceptors (Lipinski definition) is 4. The SMILES string of the molecule is Cc1ccc(-n2nc(C)c3onc(C)c3c2=O)cc1. The van der Waals surface area contributed by atoms with Crippen molar-refractivity contribution in [2.75, 3.05) is 0 Å². The highest BCUT2D eigenvalue weighted by Crippen LogP contribution is 2.17. The number of aromatic nitrogens is 3.